The maximum atomic E-state index is 2.40. The Bertz CT molecular complexity index is 2470. The van der Waals surface area contributed by atoms with Crippen LogP contribution in [0.1, 0.15) is 0 Å². The van der Waals surface area contributed by atoms with Crippen LogP contribution in [0, 0.1) is 0 Å². The maximum Gasteiger partial charge on any atom is 0.0548 e. The summed E-state index contributed by atoms with van der Waals surface area (Å²) in [6.07, 6.45) is 2.19. The summed E-state index contributed by atoms with van der Waals surface area (Å²) in [5.74, 6) is 0. The molecule has 0 saturated carbocycles. The molecule has 7 aromatic carbocycles. The second-order valence-corrected chi connectivity index (χ2v) is 11.5. The Kier molecular flexibility index (Phi) is 5.82. The first kappa shape index (κ1) is 25.4. The van der Waals surface area contributed by atoms with Crippen LogP contribution in [0.5, 0.6) is 0 Å². The Morgan fingerprint density at radius 1 is 0.378 bits per heavy atom. The van der Waals surface area contributed by atoms with Gasteiger partial charge in [-0.25, -0.2) is 0 Å². The number of hydrogen-bond acceptors (Lipinski definition) is 1. The first-order chi connectivity index (χ1) is 22.3. The molecule has 9 rings (SSSR count). The van der Waals surface area contributed by atoms with Crippen molar-refractivity contribution < 1.29 is 0 Å². The van der Waals surface area contributed by atoms with Gasteiger partial charge in [0, 0.05) is 50.8 Å². The summed E-state index contributed by atoms with van der Waals surface area (Å²) >= 11 is 0. The molecule has 0 bridgehead atoms. The SMILES string of the molecule is c1ccc(N(c2ccc(-n3c4ccccc4c4c5ccn(-c6ccccc6)c5ccc43)cc2)c2ccc3ccccc3c2)cc1. The number of aromatic nitrogens is 2. The molecule has 9 aromatic rings. The zero-order valence-corrected chi connectivity index (χ0v) is 24.6. The molecule has 3 nitrogen and oxygen atoms in total. The van der Waals surface area contributed by atoms with Crippen molar-refractivity contribution in [2.45, 2.75) is 0 Å². The lowest BCUT2D eigenvalue weighted by atomic mass is 10.1. The molecule has 0 aliphatic carbocycles. The Hall–Kier alpha value is -6.06. The summed E-state index contributed by atoms with van der Waals surface area (Å²) in [5.41, 5.74) is 9.30. The molecule has 3 heteroatoms. The van der Waals surface area contributed by atoms with Gasteiger partial charge in [0.2, 0.25) is 0 Å². The minimum absolute atomic E-state index is 1.11. The van der Waals surface area contributed by atoms with Crippen molar-refractivity contribution >= 4 is 60.5 Å². The van der Waals surface area contributed by atoms with Gasteiger partial charge in [0.05, 0.1) is 16.6 Å². The molecule has 0 unspecified atom stereocenters. The number of anilines is 3. The second kappa shape index (κ2) is 10.3. The van der Waals surface area contributed by atoms with Crippen molar-refractivity contribution in [2.75, 3.05) is 4.90 Å². The maximum absolute atomic E-state index is 2.40. The van der Waals surface area contributed by atoms with E-state index in [4.69, 9.17) is 0 Å². The molecule has 2 heterocycles. The molecule has 0 aliphatic heterocycles. The van der Waals surface area contributed by atoms with Crippen molar-refractivity contribution in [3.05, 3.63) is 176 Å². The van der Waals surface area contributed by atoms with E-state index in [1.807, 2.05) is 0 Å². The van der Waals surface area contributed by atoms with Crippen LogP contribution in [0.25, 0.3) is 54.9 Å². The van der Waals surface area contributed by atoms with Gasteiger partial charge in [0.15, 0.2) is 0 Å². The molecule has 0 amide bonds. The zero-order chi connectivity index (χ0) is 29.7. The first-order valence-corrected chi connectivity index (χ1v) is 15.4. The lowest BCUT2D eigenvalue weighted by molar-refractivity contribution is 1.13. The predicted octanol–water partition coefficient (Wildman–Crippen LogP) is 11.4. The van der Waals surface area contributed by atoms with Crippen molar-refractivity contribution in [1.29, 1.82) is 0 Å². The summed E-state index contributed by atoms with van der Waals surface area (Å²) in [4.78, 5) is 2.33. The average Bonchev–Trinajstić information content (AvgIpc) is 3.69. The van der Waals surface area contributed by atoms with Crippen molar-refractivity contribution in [1.82, 2.24) is 9.13 Å². The minimum Gasteiger partial charge on any atom is -0.317 e. The number of hydrogen-bond donors (Lipinski definition) is 0. The molecule has 2 aromatic heterocycles. The van der Waals surface area contributed by atoms with Gasteiger partial charge in [-0.3, -0.25) is 0 Å². The van der Waals surface area contributed by atoms with E-state index in [1.165, 1.54) is 49.2 Å². The van der Waals surface area contributed by atoms with Crippen LogP contribution >= 0.6 is 0 Å². The minimum atomic E-state index is 1.11. The van der Waals surface area contributed by atoms with Crippen LogP contribution in [-0.2, 0) is 0 Å². The molecule has 45 heavy (non-hydrogen) atoms. The standard InChI is InChI=1S/C42H29N3/c1-3-13-32(14-4-1)43-28-27-38-39(43)25-26-41-42(38)37-17-9-10-18-40(37)45(41)35-23-21-34(22-24-35)44(33-15-5-2-6-16-33)36-20-19-30-11-7-8-12-31(30)29-36/h1-29H. The number of para-hydroxylation sites is 3. The van der Waals surface area contributed by atoms with E-state index in [1.54, 1.807) is 0 Å². The third kappa shape index (κ3) is 4.13. The highest BCUT2D eigenvalue weighted by molar-refractivity contribution is 6.21. The van der Waals surface area contributed by atoms with Gasteiger partial charge in [-0.1, -0.05) is 84.9 Å². The number of rotatable bonds is 5. The summed E-state index contributed by atoms with van der Waals surface area (Å²) in [7, 11) is 0. The lowest BCUT2D eigenvalue weighted by Crippen LogP contribution is -2.10. The van der Waals surface area contributed by atoms with Gasteiger partial charge in [0.1, 0.15) is 0 Å². The summed E-state index contributed by atoms with van der Waals surface area (Å²) in [6, 6.07) is 60.9. The molecule has 0 radical (unpaired) electrons. The highest BCUT2D eigenvalue weighted by Gasteiger charge is 2.18. The third-order valence-electron chi connectivity index (χ3n) is 8.91. The summed E-state index contributed by atoms with van der Waals surface area (Å²) < 4.78 is 4.68. The molecular formula is C42H29N3. The number of fused-ring (bicyclic) bond motifs is 6. The Morgan fingerprint density at radius 3 is 1.82 bits per heavy atom. The highest BCUT2D eigenvalue weighted by Crippen LogP contribution is 2.40. The van der Waals surface area contributed by atoms with Crippen LogP contribution < -0.4 is 4.90 Å². The molecule has 212 valence electrons. The fraction of sp³-hybridized carbons (Fsp3) is 0. The van der Waals surface area contributed by atoms with Gasteiger partial charge >= 0.3 is 0 Å². The monoisotopic (exact) mass is 575 g/mol. The van der Waals surface area contributed by atoms with Crippen LogP contribution in [0.3, 0.4) is 0 Å². The Balaban J connectivity index is 1.20. The predicted molar refractivity (Wildman–Crippen MR) is 190 cm³/mol. The Morgan fingerprint density at radius 2 is 1.00 bits per heavy atom. The van der Waals surface area contributed by atoms with E-state index in [0.717, 1.165) is 22.7 Å². The summed E-state index contributed by atoms with van der Waals surface area (Å²) in [6.45, 7) is 0. The van der Waals surface area contributed by atoms with E-state index in [2.05, 4.69) is 190 Å². The van der Waals surface area contributed by atoms with Crippen LogP contribution in [0.4, 0.5) is 17.1 Å². The largest absolute Gasteiger partial charge is 0.317 e. The molecule has 0 aliphatic rings. The molecule has 0 atom stereocenters. The van der Waals surface area contributed by atoms with Crippen molar-refractivity contribution in [3.63, 3.8) is 0 Å². The number of benzene rings is 7. The van der Waals surface area contributed by atoms with Crippen molar-refractivity contribution in [3.8, 4) is 11.4 Å². The average molecular weight is 576 g/mol. The van der Waals surface area contributed by atoms with Gasteiger partial charge in [-0.2, -0.15) is 0 Å². The van der Waals surface area contributed by atoms with Crippen molar-refractivity contribution in [2.24, 2.45) is 0 Å². The van der Waals surface area contributed by atoms with Gasteiger partial charge in [0.25, 0.3) is 0 Å². The molecule has 0 saturated heterocycles. The summed E-state index contributed by atoms with van der Waals surface area (Å²) in [5, 5.41) is 6.27. The number of nitrogens with zero attached hydrogens (tertiary/aromatic N) is 3. The van der Waals surface area contributed by atoms with Gasteiger partial charge in [-0.05, 0) is 95.7 Å². The van der Waals surface area contributed by atoms with Crippen LogP contribution in [-0.4, -0.2) is 9.13 Å². The second-order valence-electron chi connectivity index (χ2n) is 11.5. The van der Waals surface area contributed by atoms with Crippen LogP contribution in [0.2, 0.25) is 0 Å². The lowest BCUT2D eigenvalue weighted by Gasteiger charge is -2.26. The zero-order valence-electron chi connectivity index (χ0n) is 24.6. The first-order valence-electron chi connectivity index (χ1n) is 15.4. The molecule has 0 fully saturated rings. The normalized spacial score (nSPS) is 11.6. The van der Waals surface area contributed by atoms with Crippen LogP contribution in [0.15, 0.2) is 176 Å². The van der Waals surface area contributed by atoms with E-state index in [9.17, 15) is 0 Å². The quantitative estimate of drug-likeness (QED) is 0.199. The molecule has 0 N–H and O–H groups in total. The fourth-order valence-corrected chi connectivity index (χ4v) is 6.87. The van der Waals surface area contributed by atoms with E-state index < -0.39 is 0 Å². The highest BCUT2D eigenvalue weighted by atomic mass is 15.1. The molecule has 0 spiro atoms. The molecular weight excluding hydrogens is 546 g/mol. The van der Waals surface area contributed by atoms with Gasteiger partial charge < -0.3 is 14.0 Å². The van der Waals surface area contributed by atoms with E-state index in [0.29, 0.717) is 0 Å². The Labute approximate surface area is 261 Å². The van der Waals surface area contributed by atoms with E-state index >= 15 is 0 Å². The fourth-order valence-electron chi connectivity index (χ4n) is 6.87. The topological polar surface area (TPSA) is 13.1 Å². The smallest absolute Gasteiger partial charge is 0.0548 e. The van der Waals surface area contributed by atoms with E-state index in [-0.39, 0.29) is 0 Å². The van der Waals surface area contributed by atoms with Gasteiger partial charge in [-0.15, -0.1) is 0 Å². The third-order valence-corrected chi connectivity index (χ3v) is 8.91.